The number of aromatic nitrogens is 8. The third kappa shape index (κ3) is 6.19. The van der Waals surface area contributed by atoms with Crippen LogP contribution >= 0.6 is 38.0 Å². The molecular formula is C20H22F2N9O9P2S3+. The fraction of sp³-hybridized carbons (Fsp3) is 0.500. The zero-order valence-corrected chi connectivity index (χ0v) is 26.5. The van der Waals surface area contributed by atoms with E-state index in [0.717, 1.165) is 22.8 Å². The monoisotopic (exact) mass is 728 g/mol. The predicted octanol–water partition coefficient (Wildman–Crippen LogP) is 0.606. The number of aromatic amines is 2. The minimum atomic E-state index is -4.38. The Labute approximate surface area is 264 Å². The summed E-state index contributed by atoms with van der Waals surface area (Å²) >= 11 is 9.69. The van der Waals surface area contributed by atoms with Crippen molar-refractivity contribution in [2.75, 3.05) is 18.9 Å². The minimum Gasteiger partial charge on any atom is -0.395 e. The van der Waals surface area contributed by atoms with E-state index in [-0.39, 0.29) is 28.1 Å². The van der Waals surface area contributed by atoms with Crippen molar-refractivity contribution in [3.63, 3.8) is 0 Å². The number of anilines is 1. The number of H-pyrrole nitrogens is 2. The summed E-state index contributed by atoms with van der Waals surface area (Å²) in [6.07, 6.45) is -7.36. The van der Waals surface area contributed by atoms with Gasteiger partial charge in [0.05, 0.1) is 30.2 Å². The molecule has 4 aromatic heterocycles. The standard InChI is InChI=1S/C20H21F2N9O9P2S3/c21-9-8(3-32)45-19(31-15-11(28-29-31)17(34)27-20(23)26-15)13(9)40-42(36,44)37-4-7-12(39-41(35)43)10(22)18(38-7)30-2-1-6-14(30)24-5-25-16(6)33/h1-2,5,7-10,12-13,18-19,32H,3-4H2,(H5-,23,24,25,26,27,29,33,34,35,36,43,44)/p+1. The molecule has 242 valence electrons. The SMILES string of the molecule is Nc1nc2c(nnn2C2SC(CO)C(F)C2OP(O)(=S)OCC2OC(n3ccc4c(=O)[nH]cnc43)C(F)C2O[P+](=O)S)c(=O)[nH]1. The van der Waals surface area contributed by atoms with Gasteiger partial charge in [0.2, 0.25) is 5.95 Å². The fourth-order valence-electron chi connectivity index (χ4n) is 5.00. The Balaban J connectivity index is 1.23. The molecule has 0 bridgehead atoms. The second kappa shape index (κ2) is 12.6. The Morgan fingerprint density at radius 2 is 2.04 bits per heavy atom. The molecule has 0 saturated carbocycles. The third-order valence-corrected chi connectivity index (χ3v) is 10.7. The number of ether oxygens (including phenoxy) is 1. The van der Waals surface area contributed by atoms with Crippen LogP contribution in [-0.2, 0) is 34.7 Å². The molecule has 18 nitrogen and oxygen atoms in total. The van der Waals surface area contributed by atoms with E-state index in [1.807, 2.05) is 0 Å². The highest BCUT2D eigenvalue weighted by molar-refractivity contribution is 8.39. The zero-order valence-electron chi connectivity index (χ0n) is 22.2. The van der Waals surface area contributed by atoms with Crippen molar-refractivity contribution in [2.24, 2.45) is 0 Å². The fourth-order valence-corrected chi connectivity index (χ4v) is 8.65. The van der Waals surface area contributed by atoms with Crippen molar-refractivity contribution in [1.82, 2.24) is 39.5 Å². The number of hydrogen-bond acceptors (Lipinski definition) is 15. The molecule has 2 aliphatic rings. The van der Waals surface area contributed by atoms with Crippen LogP contribution in [-0.4, -0.2) is 98.6 Å². The van der Waals surface area contributed by atoms with E-state index in [1.165, 1.54) is 16.8 Å². The quantitative estimate of drug-likeness (QED) is 0.0967. The van der Waals surface area contributed by atoms with Gasteiger partial charge in [-0.3, -0.25) is 19.1 Å². The van der Waals surface area contributed by atoms with E-state index in [9.17, 15) is 24.2 Å². The maximum absolute atomic E-state index is 15.7. The van der Waals surface area contributed by atoms with Crippen molar-refractivity contribution in [2.45, 2.75) is 47.5 Å². The molecule has 0 aromatic carbocycles. The van der Waals surface area contributed by atoms with Gasteiger partial charge in [-0.25, -0.2) is 18.4 Å². The molecule has 6 rings (SSSR count). The van der Waals surface area contributed by atoms with E-state index >= 15 is 8.78 Å². The molecule has 0 aliphatic carbocycles. The summed E-state index contributed by atoms with van der Waals surface area (Å²) in [7, 11) is -2.64. The van der Waals surface area contributed by atoms with Gasteiger partial charge in [0.15, 0.2) is 29.7 Å². The van der Waals surface area contributed by atoms with Crippen LogP contribution in [0.2, 0.25) is 0 Å². The molecule has 2 aliphatic heterocycles. The van der Waals surface area contributed by atoms with E-state index < -0.39 is 85.8 Å². The molecule has 0 amide bonds. The second-order valence-electron chi connectivity index (χ2n) is 9.69. The maximum Gasteiger partial charge on any atom is 0.582 e. The van der Waals surface area contributed by atoms with Gasteiger partial charge in [0, 0.05) is 6.20 Å². The number of hydrogen-bond donors (Lipinski definition) is 6. The lowest BCUT2D eigenvalue weighted by atomic mass is 10.1. The van der Waals surface area contributed by atoms with Gasteiger partial charge in [0.25, 0.3) is 11.1 Å². The van der Waals surface area contributed by atoms with Gasteiger partial charge in [-0.05, 0) is 22.4 Å². The lowest BCUT2D eigenvalue weighted by Crippen LogP contribution is -2.34. The molecule has 2 fully saturated rings. The van der Waals surface area contributed by atoms with Gasteiger partial charge >= 0.3 is 13.9 Å². The summed E-state index contributed by atoms with van der Waals surface area (Å²) in [5.41, 5.74) is 4.24. The summed E-state index contributed by atoms with van der Waals surface area (Å²) in [5.74, 6) is -0.265. The molecule has 2 saturated heterocycles. The van der Waals surface area contributed by atoms with Gasteiger partial charge in [-0.15, -0.1) is 21.4 Å². The topological polar surface area (TPSA) is 248 Å². The lowest BCUT2D eigenvalue weighted by Gasteiger charge is -2.26. The number of nitrogens with one attached hydrogen (secondary N) is 2. The highest BCUT2D eigenvalue weighted by Crippen LogP contribution is 2.54. The smallest absolute Gasteiger partial charge is 0.395 e. The Kier molecular flexibility index (Phi) is 9.13. The molecule has 6 N–H and O–H groups in total. The molecule has 10 unspecified atom stereocenters. The first kappa shape index (κ1) is 32.5. The summed E-state index contributed by atoms with van der Waals surface area (Å²) in [4.78, 5) is 48.0. The molecule has 0 spiro atoms. The molecule has 0 radical (unpaired) electrons. The van der Waals surface area contributed by atoms with Crippen LogP contribution in [0.5, 0.6) is 0 Å². The van der Waals surface area contributed by atoms with E-state index in [0.29, 0.717) is 0 Å². The Bertz CT molecular complexity index is 1930. The largest absolute Gasteiger partial charge is 0.582 e. The molecule has 45 heavy (non-hydrogen) atoms. The highest BCUT2D eigenvalue weighted by Gasteiger charge is 2.53. The molecule has 10 atom stereocenters. The Morgan fingerprint density at radius 3 is 2.78 bits per heavy atom. The number of nitrogens with zero attached hydrogens (tertiary/aromatic N) is 6. The highest BCUT2D eigenvalue weighted by atomic mass is 32.7. The third-order valence-electron chi connectivity index (χ3n) is 6.96. The molecule has 25 heteroatoms. The van der Waals surface area contributed by atoms with Crippen LogP contribution < -0.4 is 16.9 Å². The van der Waals surface area contributed by atoms with E-state index in [1.54, 1.807) is 0 Å². The lowest BCUT2D eigenvalue weighted by molar-refractivity contribution is -0.0429. The van der Waals surface area contributed by atoms with E-state index in [4.69, 9.17) is 35.8 Å². The van der Waals surface area contributed by atoms with Gasteiger partial charge in [0.1, 0.15) is 41.6 Å². The van der Waals surface area contributed by atoms with Crippen LogP contribution in [0.25, 0.3) is 22.2 Å². The first-order chi connectivity index (χ1) is 21.4. The van der Waals surface area contributed by atoms with Crippen molar-refractivity contribution in [3.05, 3.63) is 39.3 Å². The summed E-state index contributed by atoms with van der Waals surface area (Å²) in [6.45, 7) is -5.69. The number of thioether (sulfide) groups is 1. The number of aliphatic hydroxyl groups excluding tert-OH is 1. The molecular weight excluding hydrogens is 706 g/mol. The van der Waals surface area contributed by atoms with Gasteiger partial charge < -0.3 is 34.5 Å². The van der Waals surface area contributed by atoms with Crippen LogP contribution in [0.3, 0.4) is 0 Å². The number of rotatable bonds is 10. The zero-order chi connectivity index (χ0) is 32.2. The molecule has 4 aromatic rings. The average Bonchev–Trinajstić information content (AvgIpc) is 3.73. The number of nitrogens with two attached hydrogens (primary N) is 1. The average molecular weight is 729 g/mol. The van der Waals surface area contributed by atoms with Crippen molar-refractivity contribution in [1.29, 1.82) is 0 Å². The summed E-state index contributed by atoms with van der Waals surface area (Å²) in [6, 6.07) is 1.40. The van der Waals surface area contributed by atoms with E-state index in [2.05, 4.69) is 42.5 Å². The number of thiol groups is 1. The Hall–Kier alpha value is -2.43. The van der Waals surface area contributed by atoms with Crippen LogP contribution in [0.4, 0.5) is 14.7 Å². The Morgan fingerprint density at radius 1 is 1.27 bits per heavy atom. The normalized spacial score (nSPS) is 30.3. The molecule has 6 heterocycles. The van der Waals surface area contributed by atoms with Crippen LogP contribution in [0.15, 0.2) is 28.2 Å². The number of aliphatic hydroxyl groups is 1. The summed E-state index contributed by atoms with van der Waals surface area (Å²) < 4.78 is 67.2. The van der Waals surface area contributed by atoms with Gasteiger partial charge in [-0.1, -0.05) is 5.21 Å². The first-order valence-electron chi connectivity index (χ1n) is 12.7. The second-order valence-corrected chi connectivity index (χ2v) is 15.5. The van der Waals surface area contributed by atoms with Gasteiger partial charge in [-0.2, -0.15) is 4.98 Å². The number of fused-ring (bicyclic) bond motifs is 2. The predicted molar refractivity (Wildman–Crippen MR) is 161 cm³/mol. The van der Waals surface area contributed by atoms with Crippen molar-refractivity contribution >= 4 is 77.9 Å². The minimum absolute atomic E-state index is 0.0914. The van der Waals surface area contributed by atoms with Crippen LogP contribution in [0.1, 0.15) is 11.6 Å². The van der Waals surface area contributed by atoms with Crippen molar-refractivity contribution in [3.8, 4) is 0 Å². The number of halogens is 2. The van der Waals surface area contributed by atoms with Crippen molar-refractivity contribution < 1.29 is 41.7 Å². The summed E-state index contributed by atoms with van der Waals surface area (Å²) in [5, 5.41) is 15.3. The maximum atomic E-state index is 15.7. The first-order valence-corrected chi connectivity index (χ1v) is 18.6. The number of nitrogen functional groups attached to an aromatic ring is 1. The van der Waals surface area contributed by atoms with Crippen LogP contribution in [0, 0.1) is 0 Å². The number of alkyl halides is 2.